The number of rotatable bonds is 11. The summed E-state index contributed by atoms with van der Waals surface area (Å²) in [6.07, 6.45) is 3.69. The molecule has 2 nitrogen and oxygen atoms in total. The second-order valence-electron chi connectivity index (χ2n) is 4.82. The van der Waals surface area contributed by atoms with Gasteiger partial charge in [-0.1, -0.05) is 20.3 Å². The minimum atomic E-state index is -2.53. The first kappa shape index (κ1) is 18.7. The third-order valence-electron chi connectivity index (χ3n) is 2.79. The first-order valence-electron chi connectivity index (χ1n) is 7.04. The van der Waals surface area contributed by atoms with Gasteiger partial charge >= 0.3 is 5.97 Å². The van der Waals surface area contributed by atoms with E-state index in [0.717, 1.165) is 31.9 Å². The van der Waals surface area contributed by atoms with Crippen molar-refractivity contribution in [2.75, 3.05) is 12.4 Å². The Bertz CT molecular complexity index is 242. The molecule has 0 heterocycles. The van der Waals surface area contributed by atoms with Gasteiger partial charge in [0.15, 0.2) is 0 Å². The van der Waals surface area contributed by atoms with Crippen LogP contribution in [0.1, 0.15) is 59.3 Å². The predicted molar refractivity (Wildman–Crippen MR) is 76.9 cm³/mol. The SMILES string of the molecule is CCC(=O)OCC(CC)SCCCCCC(C)(F)F. The van der Waals surface area contributed by atoms with Gasteiger partial charge < -0.3 is 4.74 Å². The molecule has 0 aromatic carbocycles. The Kier molecular flexibility index (Phi) is 10.3. The predicted octanol–water partition coefficient (Wildman–Crippen LogP) is 4.67. The summed E-state index contributed by atoms with van der Waals surface area (Å²) in [6, 6.07) is 0. The smallest absolute Gasteiger partial charge is 0.305 e. The average molecular weight is 296 g/mol. The third kappa shape index (κ3) is 12.5. The van der Waals surface area contributed by atoms with E-state index in [-0.39, 0.29) is 12.4 Å². The number of ether oxygens (including phenoxy) is 1. The zero-order valence-corrected chi connectivity index (χ0v) is 13.0. The molecule has 0 aromatic heterocycles. The van der Waals surface area contributed by atoms with E-state index in [2.05, 4.69) is 6.92 Å². The van der Waals surface area contributed by atoms with Crippen molar-refractivity contribution >= 4 is 17.7 Å². The van der Waals surface area contributed by atoms with Gasteiger partial charge in [-0.05, 0) is 31.9 Å². The van der Waals surface area contributed by atoms with E-state index in [0.29, 0.717) is 24.7 Å². The van der Waals surface area contributed by atoms with E-state index in [1.54, 1.807) is 18.7 Å². The molecule has 1 unspecified atom stereocenters. The number of carbonyl (C=O) groups excluding carboxylic acids is 1. The summed E-state index contributed by atoms with van der Waals surface area (Å²) in [7, 11) is 0. The molecule has 0 aliphatic heterocycles. The fourth-order valence-electron chi connectivity index (χ4n) is 1.54. The maximum absolute atomic E-state index is 12.6. The van der Waals surface area contributed by atoms with Crippen LogP contribution in [0.2, 0.25) is 0 Å². The molecule has 5 heteroatoms. The van der Waals surface area contributed by atoms with Crippen molar-refractivity contribution in [2.24, 2.45) is 0 Å². The molecule has 0 aromatic rings. The van der Waals surface area contributed by atoms with Crippen LogP contribution in [-0.2, 0) is 9.53 Å². The van der Waals surface area contributed by atoms with Crippen molar-refractivity contribution in [1.29, 1.82) is 0 Å². The molecule has 0 amide bonds. The molecule has 0 saturated heterocycles. The number of halogens is 2. The van der Waals surface area contributed by atoms with Gasteiger partial charge in [0.1, 0.15) is 6.61 Å². The molecule has 1 atom stereocenters. The van der Waals surface area contributed by atoms with Gasteiger partial charge in [-0.15, -0.1) is 0 Å². The zero-order valence-electron chi connectivity index (χ0n) is 12.2. The normalized spacial score (nSPS) is 13.3. The second kappa shape index (κ2) is 10.5. The molecule has 0 bridgehead atoms. The van der Waals surface area contributed by atoms with Gasteiger partial charge in [0.2, 0.25) is 5.92 Å². The molecule has 0 fully saturated rings. The Morgan fingerprint density at radius 3 is 2.47 bits per heavy atom. The lowest BCUT2D eigenvalue weighted by Crippen LogP contribution is -2.15. The van der Waals surface area contributed by atoms with E-state index in [9.17, 15) is 13.6 Å². The topological polar surface area (TPSA) is 26.3 Å². The Morgan fingerprint density at radius 2 is 1.95 bits per heavy atom. The van der Waals surface area contributed by atoms with Crippen molar-refractivity contribution in [1.82, 2.24) is 0 Å². The molecule has 0 aliphatic carbocycles. The molecule has 0 saturated carbocycles. The molecule has 0 aliphatic rings. The van der Waals surface area contributed by atoms with Crippen LogP contribution in [0.4, 0.5) is 8.78 Å². The Morgan fingerprint density at radius 1 is 1.26 bits per heavy atom. The van der Waals surface area contributed by atoms with Crippen LogP contribution < -0.4 is 0 Å². The van der Waals surface area contributed by atoms with Gasteiger partial charge in [-0.25, -0.2) is 8.78 Å². The lowest BCUT2D eigenvalue weighted by atomic mass is 10.1. The van der Waals surface area contributed by atoms with Gasteiger partial charge in [-0.3, -0.25) is 4.79 Å². The lowest BCUT2D eigenvalue weighted by molar-refractivity contribution is -0.143. The summed E-state index contributed by atoms with van der Waals surface area (Å²) < 4.78 is 30.2. The summed E-state index contributed by atoms with van der Waals surface area (Å²) >= 11 is 1.77. The Balaban J connectivity index is 3.53. The van der Waals surface area contributed by atoms with Crippen LogP contribution in [-0.4, -0.2) is 29.5 Å². The second-order valence-corrected chi connectivity index (χ2v) is 6.23. The van der Waals surface area contributed by atoms with Gasteiger partial charge in [0.25, 0.3) is 0 Å². The molecule has 0 rings (SSSR count). The van der Waals surface area contributed by atoms with E-state index >= 15 is 0 Å². The quantitative estimate of drug-likeness (QED) is 0.409. The molecule has 0 spiro atoms. The number of unbranched alkanes of at least 4 members (excludes halogenated alkanes) is 2. The first-order chi connectivity index (χ1) is 8.89. The maximum Gasteiger partial charge on any atom is 0.305 e. The zero-order chi connectivity index (χ0) is 14.7. The van der Waals surface area contributed by atoms with Gasteiger partial charge in [0.05, 0.1) is 0 Å². The molecular formula is C14H26F2O2S. The van der Waals surface area contributed by atoms with E-state index < -0.39 is 5.92 Å². The highest BCUT2D eigenvalue weighted by Crippen LogP contribution is 2.22. The fourth-order valence-corrected chi connectivity index (χ4v) is 2.64. The van der Waals surface area contributed by atoms with Crippen molar-refractivity contribution in [2.45, 2.75) is 70.5 Å². The minimum Gasteiger partial charge on any atom is -0.465 e. The third-order valence-corrected chi connectivity index (χ3v) is 4.25. The first-order valence-corrected chi connectivity index (χ1v) is 8.09. The largest absolute Gasteiger partial charge is 0.465 e. The summed E-state index contributed by atoms with van der Waals surface area (Å²) in [6.45, 7) is 5.27. The van der Waals surface area contributed by atoms with Crippen molar-refractivity contribution in [3.05, 3.63) is 0 Å². The van der Waals surface area contributed by atoms with Crippen LogP contribution in [0.25, 0.3) is 0 Å². The fraction of sp³-hybridized carbons (Fsp3) is 0.929. The monoisotopic (exact) mass is 296 g/mol. The van der Waals surface area contributed by atoms with Gasteiger partial charge in [0, 0.05) is 18.1 Å². The van der Waals surface area contributed by atoms with Crippen molar-refractivity contribution < 1.29 is 18.3 Å². The lowest BCUT2D eigenvalue weighted by Gasteiger charge is -2.14. The Hall–Kier alpha value is -0.320. The molecule has 0 N–H and O–H groups in total. The molecular weight excluding hydrogens is 270 g/mol. The van der Waals surface area contributed by atoms with Crippen molar-refractivity contribution in [3.8, 4) is 0 Å². The highest BCUT2D eigenvalue weighted by molar-refractivity contribution is 7.99. The number of alkyl halides is 2. The van der Waals surface area contributed by atoms with Crippen molar-refractivity contribution in [3.63, 3.8) is 0 Å². The summed E-state index contributed by atoms with van der Waals surface area (Å²) in [5.41, 5.74) is 0. The van der Waals surface area contributed by atoms with E-state index in [1.807, 2.05) is 0 Å². The number of carbonyl (C=O) groups is 1. The number of esters is 1. The van der Waals surface area contributed by atoms with E-state index in [1.165, 1.54) is 0 Å². The summed E-state index contributed by atoms with van der Waals surface area (Å²) in [5.74, 6) is -1.76. The summed E-state index contributed by atoms with van der Waals surface area (Å²) in [4.78, 5) is 11.0. The van der Waals surface area contributed by atoms with Crippen LogP contribution in [0.5, 0.6) is 0 Å². The van der Waals surface area contributed by atoms with Crippen LogP contribution >= 0.6 is 11.8 Å². The van der Waals surface area contributed by atoms with Crippen LogP contribution in [0.3, 0.4) is 0 Å². The highest BCUT2D eigenvalue weighted by Gasteiger charge is 2.19. The highest BCUT2D eigenvalue weighted by atomic mass is 32.2. The summed E-state index contributed by atoms with van der Waals surface area (Å²) in [5, 5.41) is 0.322. The molecule has 114 valence electrons. The molecule has 19 heavy (non-hydrogen) atoms. The number of thioether (sulfide) groups is 1. The minimum absolute atomic E-state index is 0.0248. The molecule has 0 radical (unpaired) electrons. The number of hydrogen-bond acceptors (Lipinski definition) is 3. The Labute approximate surface area is 119 Å². The van der Waals surface area contributed by atoms with Crippen LogP contribution in [0.15, 0.2) is 0 Å². The van der Waals surface area contributed by atoms with Crippen LogP contribution in [0, 0.1) is 0 Å². The maximum atomic E-state index is 12.6. The average Bonchev–Trinajstić information content (AvgIpc) is 2.35. The van der Waals surface area contributed by atoms with Gasteiger partial charge in [-0.2, -0.15) is 11.8 Å². The standard InChI is InChI=1S/C14H26F2O2S/c1-4-12(11-18-13(17)5-2)19-10-8-6-7-9-14(3,15)16/h12H,4-11H2,1-3H3. The number of hydrogen-bond donors (Lipinski definition) is 0. The van der Waals surface area contributed by atoms with E-state index in [4.69, 9.17) is 4.74 Å².